The van der Waals surface area contributed by atoms with Gasteiger partial charge in [0.05, 0.1) is 11.2 Å². The van der Waals surface area contributed by atoms with Crippen LogP contribution in [-0.2, 0) is 24.8 Å². The molecule has 2 heterocycles. The highest BCUT2D eigenvalue weighted by Gasteiger charge is 2.36. The van der Waals surface area contributed by atoms with Gasteiger partial charge in [-0.2, -0.15) is 4.31 Å². The molecule has 1 amide bonds. The fourth-order valence-corrected chi connectivity index (χ4v) is 6.47. The average Bonchev–Trinajstić information content (AvgIpc) is 2.77. The van der Waals surface area contributed by atoms with Gasteiger partial charge in [-0.15, -0.1) is 0 Å². The highest BCUT2D eigenvalue weighted by atomic mass is 32.2. The van der Waals surface area contributed by atoms with Crippen LogP contribution in [-0.4, -0.2) is 70.4 Å². The Labute approximate surface area is 192 Å². The number of rotatable bonds is 7. The second-order valence-corrected chi connectivity index (χ2v) is 13.0. The number of likely N-dealkylation sites (tertiary alicyclic amines) is 1. The number of nitrogens with one attached hydrogen (secondary N) is 1. The highest BCUT2D eigenvalue weighted by Crippen LogP contribution is 2.28. The number of benzene rings is 1. The van der Waals surface area contributed by atoms with Crippen molar-refractivity contribution in [2.24, 2.45) is 5.92 Å². The first-order valence-corrected chi connectivity index (χ1v) is 14.7. The van der Waals surface area contributed by atoms with Gasteiger partial charge in [0, 0.05) is 38.1 Å². The lowest BCUT2D eigenvalue weighted by Crippen LogP contribution is -2.52. The third-order valence-corrected chi connectivity index (χ3v) is 9.08. The normalized spacial score (nSPS) is 21.8. The van der Waals surface area contributed by atoms with Gasteiger partial charge >= 0.3 is 0 Å². The van der Waals surface area contributed by atoms with E-state index in [4.69, 9.17) is 0 Å². The zero-order valence-corrected chi connectivity index (χ0v) is 20.8. The molecule has 2 fully saturated rings. The maximum absolute atomic E-state index is 13.2. The van der Waals surface area contributed by atoms with E-state index < -0.39 is 20.0 Å². The van der Waals surface area contributed by atoms with Gasteiger partial charge in [0.1, 0.15) is 0 Å². The Morgan fingerprint density at radius 2 is 1.62 bits per heavy atom. The number of hydrogen-bond donors (Lipinski definition) is 1. The van der Waals surface area contributed by atoms with E-state index >= 15 is 0 Å². The largest absolute Gasteiger partial charge is 0.338 e. The van der Waals surface area contributed by atoms with Crippen LogP contribution in [0.25, 0.3) is 0 Å². The summed E-state index contributed by atoms with van der Waals surface area (Å²) in [7, 11) is -6.90. The summed E-state index contributed by atoms with van der Waals surface area (Å²) in [6.45, 7) is 5.60. The maximum Gasteiger partial charge on any atom is 0.243 e. The van der Waals surface area contributed by atoms with E-state index in [-0.39, 0.29) is 29.3 Å². The van der Waals surface area contributed by atoms with E-state index in [2.05, 4.69) is 18.6 Å². The molecule has 10 heteroatoms. The van der Waals surface area contributed by atoms with Gasteiger partial charge in [-0.25, -0.2) is 21.6 Å². The highest BCUT2D eigenvalue weighted by molar-refractivity contribution is 7.89. The number of piperidine rings is 2. The van der Waals surface area contributed by atoms with E-state index in [1.165, 1.54) is 4.31 Å². The van der Waals surface area contributed by atoms with Crippen molar-refractivity contribution in [3.8, 4) is 0 Å². The van der Waals surface area contributed by atoms with E-state index in [9.17, 15) is 21.6 Å². The van der Waals surface area contributed by atoms with Crippen molar-refractivity contribution in [1.29, 1.82) is 0 Å². The van der Waals surface area contributed by atoms with Gasteiger partial charge in [0.15, 0.2) is 0 Å². The summed E-state index contributed by atoms with van der Waals surface area (Å²) in [4.78, 5) is 15.3. The molecule has 2 aliphatic heterocycles. The van der Waals surface area contributed by atoms with Crippen LogP contribution in [0.15, 0.2) is 29.2 Å². The monoisotopic (exact) mass is 485 g/mol. The van der Waals surface area contributed by atoms with Crippen LogP contribution in [0.5, 0.6) is 0 Å². The summed E-state index contributed by atoms with van der Waals surface area (Å²) in [5.41, 5.74) is 1.09. The Morgan fingerprint density at radius 1 is 1.00 bits per heavy atom. The molecule has 0 spiro atoms. The first-order chi connectivity index (χ1) is 15.0. The summed E-state index contributed by atoms with van der Waals surface area (Å²) in [6.07, 6.45) is 4.71. The van der Waals surface area contributed by atoms with Crippen LogP contribution in [0, 0.1) is 5.92 Å². The Kier molecular flexibility index (Phi) is 8.01. The Hall–Kier alpha value is -1.49. The molecule has 1 aromatic carbocycles. The molecular weight excluding hydrogens is 450 g/mol. The molecule has 3 rings (SSSR count). The van der Waals surface area contributed by atoms with Crippen LogP contribution >= 0.6 is 0 Å². The lowest BCUT2D eigenvalue weighted by atomic mass is 9.93. The van der Waals surface area contributed by atoms with E-state index in [1.54, 1.807) is 17.0 Å². The number of nitrogens with zero attached hydrogens (tertiary/aromatic N) is 2. The SMILES string of the molecule is CC(C)c1ccc(S(=O)(=O)N2CCC(C(=O)N3CCCC[C@H]3CNS(C)(=O)=O)CC2)cc1. The Bertz CT molecular complexity index is 999. The number of sulfonamides is 2. The molecule has 0 radical (unpaired) electrons. The number of carbonyl (C=O) groups excluding carboxylic acids is 1. The number of carbonyl (C=O) groups is 1. The second kappa shape index (κ2) is 10.2. The molecule has 0 aromatic heterocycles. The summed E-state index contributed by atoms with van der Waals surface area (Å²) in [6, 6.07) is 6.89. The summed E-state index contributed by atoms with van der Waals surface area (Å²) >= 11 is 0. The van der Waals surface area contributed by atoms with Crippen molar-refractivity contribution in [3.05, 3.63) is 29.8 Å². The average molecular weight is 486 g/mol. The van der Waals surface area contributed by atoms with Crippen LogP contribution in [0.2, 0.25) is 0 Å². The van der Waals surface area contributed by atoms with E-state index in [1.807, 2.05) is 12.1 Å². The first kappa shape index (κ1) is 25.1. The van der Waals surface area contributed by atoms with Crippen LogP contribution in [0.1, 0.15) is 57.4 Å². The third-order valence-electron chi connectivity index (χ3n) is 6.48. The Morgan fingerprint density at radius 3 is 2.19 bits per heavy atom. The van der Waals surface area contributed by atoms with Gasteiger partial charge in [-0.3, -0.25) is 4.79 Å². The number of hydrogen-bond acceptors (Lipinski definition) is 5. The lowest BCUT2D eigenvalue weighted by Gasteiger charge is -2.39. The van der Waals surface area contributed by atoms with Crippen molar-refractivity contribution < 1.29 is 21.6 Å². The molecule has 180 valence electrons. The summed E-state index contributed by atoms with van der Waals surface area (Å²) < 4.78 is 53.0. The van der Waals surface area contributed by atoms with Crippen molar-refractivity contribution in [1.82, 2.24) is 13.9 Å². The van der Waals surface area contributed by atoms with Crippen LogP contribution in [0.4, 0.5) is 0 Å². The standard InChI is InChI=1S/C22H35N3O5S2/c1-17(2)18-7-9-21(10-8-18)32(29,30)24-14-11-19(12-15-24)22(26)25-13-5-4-6-20(25)16-23-31(3,27)28/h7-10,17,19-20,23H,4-6,11-16H2,1-3H3/t20-/m0/s1. The van der Waals surface area contributed by atoms with Crippen molar-refractivity contribution in [3.63, 3.8) is 0 Å². The molecule has 32 heavy (non-hydrogen) atoms. The smallest absolute Gasteiger partial charge is 0.243 e. The van der Waals surface area contributed by atoms with Gasteiger partial charge in [-0.1, -0.05) is 26.0 Å². The molecule has 1 atom stereocenters. The zero-order valence-electron chi connectivity index (χ0n) is 19.2. The zero-order chi connectivity index (χ0) is 23.5. The predicted octanol–water partition coefficient (Wildman–Crippen LogP) is 2.14. The lowest BCUT2D eigenvalue weighted by molar-refractivity contribution is -0.140. The van der Waals surface area contributed by atoms with Crippen molar-refractivity contribution in [2.75, 3.05) is 32.4 Å². The second-order valence-electron chi connectivity index (χ2n) is 9.20. The van der Waals surface area contributed by atoms with Crippen LogP contribution < -0.4 is 4.72 Å². The van der Waals surface area contributed by atoms with E-state index in [0.29, 0.717) is 38.4 Å². The minimum atomic E-state index is -3.58. The quantitative estimate of drug-likeness (QED) is 0.637. The van der Waals surface area contributed by atoms with Crippen LogP contribution in [0.3, 0.4) is 0 Å². The van der Waals surface area contributed by atoms with Gasteiger partial charge in [-0.05, 0) is 55.7 Å². The summed E-state index contributed by atoms with van der Waals surface area (Å²) in [5.74, 6) is 0.117. The molecule has 2 saturated heterocycles. The molecule has 1 N–H and O–H groups in total. The molecule has 8 nitrogen and oxygen atoms in total. The molecule has 0 unspecified atom stereocenters. The molecule has 0 aliphatic carbocycles. The summed E-state index contributed by atoms with van der Waals surface area (Å²) in [5, 5.41) is 0. The fourth-order valence-electron chi connectivity index (χ4n) is 4.50. The van der Waals surface area contributed by atoms with Gasteiger partial charge in [0.2, 0.25) is 26.0 Å². The van der Waals surface area contributed by atoms with E-state index in [0.717, 1.165) is 31.1 Å². The minimum Gasteiger partial charge on any atom is -0.338 e. The minimum absolute atomic E-state index is 0.0170. The fraction of sp³-hybridized carbons (Fsp3) is 0.682. The first-order valence-electron chi connectivity index (χ1n) is 11.3. The molecular formula is C22H35N3O5S2. The maximum atomic E-state index is 13.2. The number of amides is 1. The predicted molar refractivity (Wildman–Crippen MR) is 124 cm³/mol. The third kappa shape index (κ3) is 6.09. The molecule has 0 saturated carbocycles. The van der Waals surface area contributed by atoms with Crippen molar-refractivity contribution in [2.45, 2.75) is 62.8 Å². The topological polar surface area (TPSA) is 104 Å². The molecule has 2 aliphatic rings. The Balaban J connectivity index is 1.62. The van der Waals surface area contributed by atoms with Gasteiger partial charge in [0.25, 0.3) is 0 Å². The molecule has 0 bridgehead atoms. The van der Waals surface area contributed by atoms with Gasteiger partial charge < -0.3 is 4.90 Å². The molecule has 1 aromatic rings. The van der Waals surface area contributed by atoms with Crippen molar-refractivity contribution >= 4 is 26.0 Å².